The fourth-order valence-corrected chi connectivity index (χ4v) is 12.4. The van der Waals surface area contributed by atoms with E-state index < -0.39 is 167 Å². The summed E-state index contributed by atoms with van der Waals surface area (Å²) in [7, 11) is 15.2. The van der Waals surface area contributed by atoms with Crippen LogP contribution in [0.25, 0.3) is 0 Å². The average Bonchev–Trinajstić information content (AvgIpc) is 0.804. The van der Waals surface area contributed by atoms with Crippen LogP contribution in [0.4, 0.5) is 0 Å². The van der Waals surface area contributed by atoms with Gasteiger partial charge in [0.15, 0.2) is 0 Å². The van der Waals surface area contributed by atoms with Gasteiger partial charge in [0, 0.05) is 69.3 Å². The summed E-state index contributed by atoms with van der Waals surface area (Å²) in [6.07, 6.45) is 3.90. The Morgan fingerprint density at radius 2 is 0.990 bits per heavy atom. The van der Waals surface area contributed by atoms with E-state index in [-0.39, 0.29) is 62.9 Å². The van der Waals surface area contributed by atoms with Gasteiger partial charge >= 0.3 is 5.97 Å². The molecule has 1 saturated heterocycles. The molecule has 4 N–H and O–H groups in total. The zero-order valence-corrected chi connectivity index (χ0v) is 63.5. The van der Waals surface area contributed by atoms with E-state index in [9.17, 15) is 24.0 Å². The Morgan fingerprint density at radius 1 is 0.521 bits per heavy atom. The minimum absolute atomic E-state index is 0.0224. The van der Waals surface area contributed by atoms with Crippen molar-refractivity contribution in [1.82, 2.24) is 60.5 Å². The quantitative estimate of drug-likeness (QED) is 0.0874. The van der Waals surface area contributed by atoms with E-state index in [1.54, 1.807) is 61.5 Å². The minimum Gasteiger partial charge on any atom is -0.459 e. The van der Waals surface area contributed by atoms with Crippen molar-refractivity contribution in [3.05, 3.63) is 12.2 Å². The summed E-state index contributed by atoms with van der Waals surface area (Å²) in [6, 6.07) is -14.1. The van der Waals surface area contributed by atoms with Crippen molar-refractivity contribution in [3.8, 4) is 0 Å². The maximum Gasteiger partial charge on any atom is 0.303 e. The van der Waals surface area contributed by atoms with Crippen molar-refractivity contribution in [2.75, 3.05) is 83.7 Å². The summed E-state index contributed by atoms with van der Waals surface area (Å²) in [4.78, 5) is 189. The van der Waals surface area contributed by atoms with E-state index in [0.717, 1.165) is 4.90 Å². The highest BCUT2D eigenvalue weighted by atomic mass is 16.5. The molecule has 0 spiro atoms. The zero-order chi connectivity index (χ0) is 74.2. The molecule has 14 atom stereocenters. The maximum atomic E-state index is 15.6. The number of nitrogens with one attached hydrogen (secondary N) is 4. The Kier molecular flexibility index (Phi) is 37.2. The lowest BCUT2D eigenvalue weighted by atomic mass is 9.91. The number of allylic oxidation sites excluding steroid dienone is 2. The predicted octanol–water partition coefficient (Wildman–Crippen LogP) is 4.18. The third-order valence-electron chi connectivity index (χ3n) is 18.2. The Balaban J connectivity index is 4.68. The molecule has 0 aliphatic carbocycles. The number of carbonyl (C=O) groups is 12. The first kappa shape index (κ1) is 87.3. The molecular formula is C70H126N12O14. The highest BCUT2D eigenvalue weighted by Crippen LogP contribution is 2.28. The number of amides is 11. The molecule has 26 nitrogen and oxygen atoms in total. The Bertz CT molecular complexity index is 2630. The summed E-state index contributed by atoms with van der Waals surface area (Å²) in [5.41, 5.74) is 0. The van der Waals surface area contributed by atoms with Crippen LogP contribution in [-0.4, -0.2) is 266 Å². The molecule has 96 heavy (non-hydrogen) atoms. The lowest BCUT2D eigenvalue weighted by Gasteiger charge is -2.42. The van der Waals surface area contributed by atoms with Gasteiger partial charge < -0.3 is 69.9 Å². The van der Waals surface area contributed by atoms with Crippen molar-refractivity contribution in [3.63, 3.8) is 0 Å². The van der Waals surface area contributed by atoms with Gasteiger partial charge in [0.25, 0.3) is 0 Å². The average molecular weight is 1360 g/mol. The third kappa shape index (κ3) is 25.0. The van der Waals surface area contributed by atoms with Crippen LogP contribution in [0.1, 0.15) is 169 Å². The Labute approximate surface area is 575 Å². The van der Waals surface area contributed by atoms with Gasteiger partial charge in [-0.1, -0.05) is 102 Å². The molecule has 0 saturated carbocycles. The van der Waals surface area contributed by atoms with E-state index >= 15 is 33.6 Å². The summed E-state index contributed by atoms with van der Waals surface area (Å²) in [5.74, 6) is -11.2. The van der Waals surface area contributed by atoms with Crippen LogP contribution in [-0.2, 0) is 67.0 Å². The first-order chi connectivity index (χ1) is 44.5. The second-order valence-electron chi connectivity index (χ2n) is 28.9. The van der Waals surface area contributed by atoms with Crippen molar-refractivity contribution < 1.29 is 67.0 Å². The Morgan fingerprint density at radius 3 is 1.46 bits per heavy atom. The molecule has 1 rings (SSSR count). The normalized spacial score (nSPS) is 26.2. The largest absolute Gasteiger partial charge is 0.459 e. The zero-order valence-electron chi connectivity index (χ0n) is 63.5. The molecule has 1 fully saturated rings. The summed E-state index contributed by atoms with van der Waals surface area (Å²) in [6.45, 7) is 29.7. The fourth-order valence-electron chi connectivity index (χ4n) is 12.4. The Hall–Kier alpha value is -6.70. The molecular weight excluding hydrogens is 1230 g/mol. The molecule has 11 amide bonds. The highest BCUT2D eigenvalue weighted by Gasteiger charge is 2.48. The number of likely N-dealkylation sites (N-methyl/N-ethyl adjacent to an activating group) is 7. The molecule has 1 aliphatic rings. The SMILES string of the molecule is C/C=C/C[C@@H](C)[C@@H](OC(C)=O)[C@H]1C(=O)N[C@@H](CC)C(=O)N(C)[C@H](CCCN(C)C)C(=O)N(C)[C@@H]([C@H](C)COC)C(=O)N[C@@H](C(C)C)C(=O)N(C)[C@@H](CCC(C)C)C(=O)N[C@@H](C)C(=O)N[C@H](C)C(=O)N(C)[C@@H](CC(C)C)C(=O)N(C)[C@@H](CC(C)C)C(=O)N(C)[C@@H](C(C)C)C(=O)N1C. The molecule has 26 heteroatoms. The number of methoxy groups -OCH3 is 1. The van der Waals surface area contributed by atoms with Crippen molar-refractivity contribution in [2.45, 2.75) is 242 Å². The van der Waals surface area contributed by atoms with E-state index in [1.807, 2.05) is 66.6 Å². The van der Waals surface area contributed by atoms with Crippen molar-refractivity contribution in [2.24, 2.45) is 41.4 Å². The molecule has 550 valence electrons. The minimum atomic E-state index is -1.64. The van der Waals surface area contributed by atoms with Gasteiger partial charge in [-0.25, -0.2) is 0 Å². The molecule has 0 bridgehead atoms. The fraction of sp³-hybridized carbons (Fsp3) is 0.800. The van der Waals surface area contributed by atoms with Gasteiger partial charge in [0.2, 0.25) is 65.0 Å². The number of carbonyl (C=O) groups excluding carboxylic acids is 12. The molecule has 0 radical (unpaired) electrons. The molecule has 0 unspecified atom stereocenters. The van der Waals surface area contributed by atoms with Gasteiger partial charge in [-0.05, 0) is 128 Å². The van der Waals surface area contributed by atoms with Gasteiger partial charge in [-0.15, -0.1) is 0 Å². The van der Waals surface area contributed by atoms with Gasteiger partial charge in [-0.3, -0.25) is 57.5 Å². The lowest BCUT2D eigenvalue weighted by Crippen LogP contribution is -2.64. The van der Waals surface area contributed by atoms with E-state index in [4.69, 9.17) is 9.47 Å². The third-order valence-corrected chi connectivity index (χ3v) is 18.2. The summed E-state index contributed by atoms with van der Waals surface area (Å²) < 4.78 is 11.6. The van der Waals surface area contributed by atoms with Gasteiger partial charge in [0.05, 0.1) is 6.61 Å². The first-order valence-electron chi connectivity index (χ1n) is 34.5. The number of ether oxygens (including phenoxy) is 2. The smallest absolute Gasteiger partial charge is 0.303 e. The maximum absolute atomic E-state index is 15.6. The lowest BCUT2D eigenvalue weighted by molar-refractivity contribution is -0.164. The van der Waals surface area contributed by atoms with E-state index in [1.165, 1.54) is 107 Å². The van der Waals surface area contributed by atoms with Crippen LogP contribution in [0.15, 0.2) is 12.2 Å². The molecule has 0 aromatic heterocycles. The second kappa shape index (κ2) is 40.9. The van der Waals surface area contributed by atoms with Gasteiger partial charge in [0.1, 0.15) is 72.6 Å². The second-order valence-corrected chi connectivity index (χ2v) is 28.9. The standard InChI is InChI=1S/C70H126N12O14/c1-28-30-32-45(13)59(96-49(17)83)58-63(87)73-50(29-2)65(89)77(21)52(33-31-36-75(18)19)66(90)81(25)57(46(14)39-95-27)62(86)74-55(43(9)10)69(93)76(20)51(35-34-40(3)4)61(85)71-47(15)60(84)72-48(16)64(88)78(22)53(37-41(5)6)67(91)79(23)54(38-42(7)8)68(92)80(24)56(44(11)12)70(94)82(58)26/h28,30,40-48,50-59H,29,31-39H2,1-27H3,(H,71,85)(H,72,84)(H,73,87)(H,74,86)/b30-28+/t45-,46-,47+,48-,50+,51+,52-,53+,54+,55+,56+,57+,58+,59-/m1/s1. The van der Waals surface area contributed by atoms with Crippen molar-refractivity contribution in [1.29, 1.82) is 0 Å². The number of rotatable bonds is 22. The topological polar surface area (TPSA) is 297 Å². The molecule has 0 aromatic carbocycles. The monoisotopic (exact) mass is 1360 g/mol. The van der Waals surface area contributed by atoms with Crippen LogP contribution in [0.3, 0.4) is 0 Å². The predicted molar refractivity (Wildman–Crippen MR) is 371 cm³/mol. The van der Waals surface area contributed by atoms with Crippen LogP contribution in [0.2, 0.25) is 0 Å². The van der Waals surface area contributed by atoms with Crippen LogP contribution in [0.5, 0.6) is 0 Å². The summed E-state index contributed by atoms with van der Waals surface area (Å²) >= 11 is 0. The van der Waals surface area contributed by atoms with Crippen molar-refractivity contribution >= 4 is 70.9 Å². The number of nitrogens with zero attached hydrogens (tertiary/aromatic N) is 8. The number of hydrogen-bond donors (Lipinski definition) is 4. The molecule has 1 heterocycles. The van der Waals surface area contributed by atoms with E-state index in [0.29, 0.717) is 19.4 Å². The van der Waals surface area contributed by atoms with Crippen LogP contribution >= 0.6 is 0 Å². The molecule has 1 aliphatic heterocycles. The summed E-state index contributed by atoms with van der Waals surface area (Å²) in [5, 5.41) is 11.2. The van der Waals surface area contributed by atoms with Crippen LogP contribution < -0.4 is 21.3 Å². The molecule has 0 aromatic rings. The number of esters is 1. The highest BCUT2D eigenvalue weighted by molar-refractivity contribution is 6.00. The number of hydrogen-bond acceptors (Lipinski definition) is 15. The van der Waals surface area contributed by atoms with Gasteiger partial charge in [-0.2, -0.15) is 0 Å². The first-order valence-corrected chi connectivity index (χ1v) is 34.5. The van der Waals surface area contributed by atoms with E-state index in [2.05, 4.69) is 21.3 Å². The van der Waals surface area contributed by atoms with Crippen LogP contribution in [0, 0.1) is 41.4 Å².